The van der Waals surface area contributed by atoms with Crippen molar-refractivity contribution in [1.29, 1.82) is 0 Å². The SMILES string of the molecule is Cc1cc(Br)ccc1NS(=O)(=O)/C=C/c1ccc(Cl)cc1. The quantitative estimate of drug-likeness (QED) is 0.818. The Kier molecular flexibility index (Phi) is 5.08. The number of halogens is 2. The van der Waals surface area contributed by atoms with Gasteiger partial charge in [-0.15, -0.1) is 0 Å². The number of aryl methyl sites for hydroxylation is 1. The van der Waals surface area contributed by atoms with Crippen LogP contribution in [0.5, 0.6) is 0 Å². The Labute approximate surface area is 137 Å². The zero-order valence-electron chi connectivity index (χ0n) is 11.2. The van der Waals surface area contributed by atoms with E-state index in [-0.39, 0.29) is 0 Å². The molecule has 0 atom stereocenters. The molecule has 2 aromatic carbocycles. The van der Waals surface area contributed by atoms with E-state index < -0.39 is 10.0 Å². The molecule has 0 aliphatic carbocycles. The van der Waals surface area contributed by atoms with Crippen LogP contribution in [0.3, 0.4) is 0 Å². The minimum Gasteiger partial charge on any atom is -0.280 e. The first-order valence-corrected chi connectivity index (χ1v) is 8.80. The molecule has 0 aromatic heterocycles. The predicted octanol–water partition coefficient (Wildman–Crippen LogP) is 4.82. The molecule has 21 heavy (non-hydrogen) atoms. The summed E-state index contributed by atoms with van der Waals surface area (Å²) in [4.78, 5) is 0. The van der Waals surface area contributed by atoms with Crippen LogP contribution in [0.4, 0.5) is 5.69 Å². The molecule has 0 amide bonds. The summed E-state index contributed by atoms with van der Waals surface area (Å²) in [6.45, 7) is 1.84. The Morgan fingerprint density at radius 1 is 1.14 bits per heavy atom. The maximum atomic E-state index is 12.0. The molecule has 3 nitrogen and oxygen atoms in total. The molecule has 1 N–H and O–H groups in total. The summed E-state index contributed by atoms with van der Waals surface area (Å²) >= 11 is 9.12. The number of hydrogen-bond acceptors (Lipinski definition) is 2. The van der Waals surface area contributed by atoms with E-state index in [2.05, 4.69) is 20.7 Å². The first-order chi connectivity index (χ1) is 9.85. The topological polar surface area (TPSA) is 46.2 Å². The average molecular weight is 387 g/mol. The lowest BCUT2D eigenvalue weighted by Gasteiger charge is -2.08. The van der Waals surface area contributed by atoms with Crippen LogP contribution in [0.15, 0.2) is 52.3 Å². The third kappa shape index (κ3) is 4.88. The fourth-order valence-corrected chi connectivity index (χ4v) is 3.21. The molecule has 0 bridgehead atoms. The van der Waals surface area contributed by atoms with Crippen molar-refractivity contribution < 1.29 is 8.42 Å². The second-order valence-corrected chi connectivity index (χ2v) is 7.38. The first-order valence-electron chi connectivity index (χ1n) is 6.08. The molecule has 0 unspecified atom stereocenters. The third-order valence-corrected chi connectivity index (χ3v) is 4.49. The van der Waals surface area contributed by atoms with E-state index in [1.807, 2.05) is 13.0 Å². The van der Waals surface area contributed by atoms with Gasteiger partial charge in [-0.2, -0.15) is 0 Å². The van der Waals surface area contributed by atoms with Gasteiger partial charge in [-0.05, 0) is 54.5 Å². The standard InChI is InChI=1S/C15H13BrClNO2S/c1-11-10-13(16)4-7-15(11)18-21(19,20)9-8-12-2-5-14(17)6-3-12/h2-10,18H,1H3/b9-8+. The van der Waals surface area contributed by atoms with Crippen LogP contribution in [0.2, 0.25) is 5.02 Å². The minimum atomic E-state index is -3.56. The largest absolute Gasteiger partial charge is 0.280 e. The number of anilines is 1. The summed E-state index contributed by atoms with van der Waals surface area (Å²) in [5, 5.41) is 1.75. The summed E-state index contributed by atoms with van der Waals surface area (Å²) < 4.78 is 27.5. The van der Waals surface area contributed by atoms with Gasteiger partial charge in [-0.1, -0.05) is 39.7 Å². The first kappa shape index (κ1) is 16.1. The lowest BCUT2D eigenvalue weighted by molar-refractivity contribution is 0.609. The normalized spacial score (nSPS) is 11.8. The van der Waals surface area contributed by atoms with Crippen molar-refractivity contribution in [2.75, 3.05) is 4.72 Å². The molecule has 2 aromatic rings. The van der Waals surface area contributed by atoms with Crippen LogP contribution in [0.25, 0.3) is 6.08 Å². The highest BCUT2D eigenvalue weighted by molar-refractivity contribution is 9.10. The Hall–Kier alpha value is -1.30. The molecule has 110 valence electrons. The molecule has 0 aliphatic heterocycles. The van der Waals surface area contributed by atoms with Gasteiger partial charge in [0.1, 0.15) is 0 Å². The molecule has 0 saturated heterocycles. The Balaban J connectivity index is 2.16. The predicted molar refractivity (Wildman–Crippen MR) is 91.9 cm³/mol. The fourth-order valence-electron chi connectivity index (χ4n) is 1.67. The zero-order chi connectivity index (χ0) is 15.5. The lowest BCUT2D eigenvalue weighted by atomic mass is 10.2. The van der Waals surface area contributed by atoms with Crippen molar-refractivity contribution in [3.8, 4) is 0 Å². The molecule has 0 radical (unpaired) electrons. The molecule has 2 rings (SSSR count). The number of sulfonamides is 1. The fraction of sp³-hybridized carbons (Fsp3) is 0.0667. The van der Waals surface area contributed by atoms with E-state index in [0.29, 0.717) is 10.7 Å². The van der Waals surface area contributed by atoms with Gasteiger partial charge in [0, 0.05) is 9.50 Å². The minimum absolute atomic E-state index is 0.555. The van der Waals surface area contributed by atoms with E-state index in [1.165, 1.54) is 6.08 Å². The summed E-state index contributed by atoms with van der Waals surface area (Å²) in [5.74, 6) is 0. The average Bonchev–Trinajstić information content (AvgIpc) is 2.41. The van der Waals surface area contributed by atoms with Crippen LogP contribution >= 0.6 is 27.5 Å². The zero-order valence-corrected chi connectivity index (χ0v) is 14.3. The molecular formula is C15H13BrClNO2S. The molecule has 0 saturated carbocycles. The Morgan fingerprint density at radius 3 is 2.43 bits per heavy atom. The molecule has 0 heterocycles. The number of benzene rings is 2. The van der Waals surface area contributed by atoms with Crippen molar-refractivity contribution in [2.24, 2.45) is 0 Å². The Morgan fingerprint density at radius 2 is 1.81 bits per heavy atom. The summed E-state index contributed by atoms with van der Waals surface area (Å²) in [6.07, 6.45) is 1.52. The van der Waals surface area contributed by atoms with Crippen LogP contribution in [0.1, 0.15) is 11.1 Å². The maximum Gasteiger partial charge on any atom is 0.255 e. The number of hydrogen-bond donors (Lipinski definition) is 1. The lowest BCUT2D eigenvalue weighted by Crippen LogP contribution is -2.09. The van der Waals surface area contributed by atoms with Crippen molar-refractivity contribution in [3.05, 3.63) is 68.5 Å². The Bertz CT molecular complexity index is 771. The van der Waals surface area contributed by atoms with Gasteiger partial charge in [0.2, 0.25) is 0 Å². The van der Waals surface area contributed by atoms with E-state index in [1.54, 1.807) is 36.4 Å². The number of nitrogens with one attached hydrogen (secondary N) is 1. The highest BCUT2D eigenvalue weighted by Gasteiger charge is 2.08. The highest BCUT2D eigenvalue weighted by Crippen LogP contribution is 2.21. The van der Waals surface area contributed by atoms with Crippen molar-refractivity contribution >= 4 is 49.3 Å². The van der Waals surface area contributed by atoms with Crippen molar-refractivity contribution in [2.45, 2.75) is 6.92 Å². The van der Waals surface area contributed by atoms with Crippen LogP contribution in [-0.4, -0.2) is 8.42 Å². The second-order valence-electron chi connectivity index (χ2n) is 4.46. The van der Waals surface area contributed by atoms with E-state index in [4.69, 9.17) is 11.6 Å². The van der Waals surface area contributed by atoms with Gasteiger partial charge in [-0.25, -0.2) is 8.42 Å². The van der Waals surface area contributed by atoms with E-state index in [9.17, 15) is 8.42 Å². The molecule has 0 aliphatic rings. The van der Waals surface area contributed by atoms with Crippen molar-refractivity contribution in [1.82, 2.24) is 0 Å². The monoisotopic (exact) mass is 385 g/mol. The van der Waals surface area contributed by atoms with Gasteiger partial charge in [0.15, 0.2) is 0 Å². The molecular weight excluding hydrogens is 374 g/mol. The molecule has 0 spiro atoms. The summed E-state index contributed by atoms with van der Waals surface area (Å²) in [7, 11) is -3.56. The highest BCUT2D eigenvalue weighted by atomic mass is 79.9. The molecule has 6 heteroatoms. The third-order valence-electron chi connectivity index (χ3n) is 2.75. The number of rotatable bonds is 4. The summed E-state index contributed by atoms with van der Waals surface area (Å²) in [5.41, 5.74) is 2.16. The van der Waals surface area contributed by atoms with Gasteiger partial charge in [-0.3, -0.25) is 4.72 Å². The van der Waals surface area contributed by atoms with Crippen molar-refractivity contribution in [3.63, 3.8) is 0 Å². The van der Waals surface area contributed by atoms with Gasteiger partial charge in [0.25, 0.3) is 10.0 Å². The van der Waals surface area contributed by atoms with Crippen LogP contribution in [0, 0.1) is 6.92 Å². The van der Waals surface area contributed by atoms with Gasteiger partial charge >= 0.3 is 0 Å². The van der Waals surface area contributed by atoms with Gasteiger partial charge in [0.05, 0.1) is 11.1 Å². The van der Waals surface area contributed by atoms with Crippen LogP contribution in [-0.2, 0) is 10.0 Å². The van der Waals surface area contributed by atoms with E-state index in [0.717, 1.165) is 21.0 Å². The smallest absolute Gasteiger partial charge is 0.255 e. The van der Waals surface area contributed by atoms with Gasteiger partial charge < -0.3 is 0 Å². The molecule has 0 fully saturated rings. The van der Waals surface area contributed by atoms with Crippen LogP contribution < -0.4 is 4.72 Å². The van der Waals surface area contributed by atoms with E-state index >= 15 is 0 Å². The second kappa shape index (κ2) is 6.64. The maximum absolute atomic E-state index is 12.0. The summed E-state index contributed by atoms with van der Waals surface area (Å²) in [6, 6.07) is 12.3.